The van der Waals surface area contributed by atoms with Crippen LogP contribution < -0.4 is 10.1 Å². The lowest BCUT2D eigenvalue weighted by Crippen LogP contribution is -2.58. The number of ether oxygens (including phenoxy) is 2. The largest absolute Gasteiger partial charge is 0.504 e. The Labute approximate surface area is 155 Å². The smallest absolute Gasteiger partial charge is 0.217 e. The van der Waals surface area contributed by atoms with Crippen LogP contribution in [0.15, 0.2) is 18.2 Å². The number of fused-ring (bicyclic) bond motifs is 1. The van der Waals surface area contributed by atoms with E-state index in [1.807, 2.05) is 12.1 Å². The van der Waals surface area contributed by atoms with E-state index in [4.69, 9.17) is 9.47 Å². The van der Waals surface area contributed by atoms with Gasteiger partial charge in [0.2, 0.25) is 5.91 Å². The fraction of sp³-hybridized carbons (Fsp3) is 0.667. The molecule has 1 spiro atoms. The molecular weight excluding hydrogens is 330 g/mol. The van der Waals surface area contributed by atoms with Crippen LogP contribution in [0.5, 0.6) is 11.5 Å². The van der Waals surface area contributed by atoms with Crippen LogP contribution in [0.25, 0.3) is 0 Å². The molecule has 4 rings (SSSR count). The van der Waals surface area contributed by atoms with Gasteiger partial charge in [-0.05, 0) is 48.0 Å². The molecule has 3 aliphatic rings. The first kappa shape index (κ1) is 17.7. The first-order valence-corrected chi connectivity index (χ1v) is 9.56. The first-order valence-electron chi connectivity index (χ1n) is 9.56. The van der Waals surface area contributed by atoms with Crippen molar-refractivity contribution in [2.24, 2.45) is 22.7 Å². The van der Waals surface area contributed by atoms with Crippen molar-refractivity contribution in [1.29, 1.82) is 0 Å². The van der Waals surface area contributed by atoms with Gasteiger partial charge in [-0.2, -0.15) is 0 Å². The van der Waals surface area contributed by atoms with Gasteiger partial charge in [-0.1, -0.05) is 26.0 Å². The minimum atomic E-state index is -0.156. The lowest BCUT2D eigenvalue weighted by Gasteiger charge is -2.53. The SMILES string of the molecule is COc1cccc([C@H]2OCCC34C[C@@H](C[C@H]23)C(C)(C)[C@@H]4NC(C)=O)c1O. The second-order valence-electron chi connectivity index (χ2n) is 8.87. The second kappa shape index (κ2) is 5.88. The van der Waals surface area contributed by atoms with E-state index in [1.54, 1.807) is 20.1 Å². The molecule has 1 aromatic carbocycles. The van der Waals surface area contributed by atoms with Gasteiger partial charge in [0.05, 0.1) is 13.2 Å². The zero-order chi connectivity index (χ0) is 18.7. The summed E-state index contributed by atoms with van der Waals surface area (Å²) in [6, 6.07) is 5.75. The van der Waals surface area contributed by atoms with Crippen molar-refractivity contribution in [3.05, 3.63) is 23.8 Å². The molecule has 1 amide bonds. The molecule has 142 valence electrons. The van der Waals surface area contributed by atoms with E-state index in [-0.39, 0.29) is 34.6 Å². The summed E-state index contributed by atoms with van der Waals surface area (Å²) in [4.78, 5) is 11.9. The molecule has 1 unspecified atom stereocenters. The molecule has 2 aliphatic carbocycles. The molecule has 0 radical (unpaired) electrons. The summed E-state index contributed by atoms with van der Waals surface area (Å²) in [5.41, 5.74) is 0.930. The molecule has 1 aromatic rings. The quantitative estimate of drug-likeness (QED) is 0.868. The molecule has 2 N–H and O–H groups in total. The van der Waals surface area contributed by atoms with Crippen molar-refractivity contribution in [3.63, 3.8) is 0 Å². The number of phenols is 1. The topological polar surface area (TPSA) is 67.8 Å². The van der Waals surface area contributed by atoms with Gasteiger partial charge in [-0.25, -0.2) is 0 Å². The molecule has 0 aromatic heterocycles. The maximum atomic E-state index is 11.9. The standard InChI is InChI=1S/C21H29NO4/c1-12(23)22-19-20(2,3)13-10-15-18(26-9-8-21(15,19)11-13)14-6-5-7-16(25-4)17(14)24/h5-7,13,15,18-19,24H,8-11H2,1-4H3,(H,22,23)/t13-,15-,18-,19+,21?/m1/s1. The number of para-hydroxylation sites is 1. The number of amides is 1. The van der Waals surface area contributed by atoms with Crippen LogP contribution in [0.3, 0.4) is 0 Å². The molecule has 26 heavy (non-hydrogen) atoms. The van der Waals surface area contributed by atoms with E-state index in [0.29, 0.717) is 24.2 Å². The number of benzene rings is 1. The van der Waals surface area contributed by atoms with Gasteiger partial charge in [0.15, 0.2) is 11.5 Å². The highest BCUT2D eigenvalue weighted by Gasteiger charge is 2.68. The molecule has 5 atom stereocenters. The Bertz CT molecular complexity index is 731. The number of nitrogens with one attached hydrogen (secondary N) is 1. The fourth-order valence-corrected chi connectivity index (χ4v) is 6.23. The monoisotopic (exact) mass is 359 g/mol. The van der Waals surface area contributed by atoms with Crippen LogP contribution in [-0.4, -0.2) is 30.8 Å². The predicted molar refractivity (Wildman–Crippen MR) is 98.0 cm³/mol. The number of methoxy groups -OCH3 is 1. The average molecular weight is 359 g/mol. The van der Waals surface area contributed by atoms with Crippen LogP contribution in [0.1, 0.15) is 51.7 Å². The number of phenolic OH excluding ortho intramolecular Hbond substituents is 1. The lowest BCUT2D eigenvalue weighted by molar-refractivity contribution is -0.136. The Kier molecular flexibility index (Phi) is 3.99. The van der Waals surface area contributed by atoms with Crippen molar-refractivity contribution in [2.75, 3.05) is 13.7 Å². The van der Waals surface area contributed by atoms with Crippen molar-refractivity contribution in [3.8, 4) is 11.5 Å². The van der Waals surface area contributed by atoms with Crippen LogP contribution in [-0.2, 0) is 9.53 Å². The predicted octanol–water partition coefficient (Wildman–Crippen LogP) is 3.42. The molecule has 1 saturated heterocycles. The summed E-state index contributed by atoms with van der Waals surface area (Å²) < 4.78 is 11.5. The number of hydrogen-bond acceptors (Lipinski definition) is 4. The minimum absolute atomic E-state index is 0.0380. The van der Waals surface area contributed by atoms with Gasteiger partial charge in [0.25, 0.3) is 0 Å². The first-order chi connectivity index (χ1) is 12.3. The summed E-state index contributed by atoms with van der Waals surface area (Å²) in [6.07, 6.45) is 3.00. The second-order valence-corrected chi connectivity index (χ2v) is 8.87. The molecule has 1 aliphatic heterocycles. The maximum Gasteiger partial charge on any atom is 0.217 e. The minimum Gasteiger partial charge on any atom is -0.504 e. The van der Waals surface area contributed by atoms with Gasteiger partial charge in [0, 0.05) is 25.1 Å². The highest BCUT2D eigenvalue weighted by atomic mass is 16.5. The number of aromatic hydroxyl groups is 1. The summed E-state index contributed by atoms with van der Waals surface area (Å²) in [7, 11) is 1.56. The van der Waals surface area contributed by atoms with E-state index in [9.17, 15) is 9.90 Å². The number of rotatable bonds is 3. The summed E-state index contributed by atoms with van der Waals surface area (Å²) in [5, 5.41) is 13.9. The van der Waals surface area contributed by atoms with Gasteiger partial charge in [0.1, 0.15) is 0 Å². The van der Waals surface area contributed by atoms with Gasteiger partial charge in [-0.3, -0.25) is 4.79 Å². The molecule has 3 fully saturated rings. The highest BCUT2D eigenvalue weighted by Crippen LogP contribution is 2.70. The van der Waals surface area contributed by atoms with Crippen molar-refractivity contribution >= 4 is 5.91 Å². The Hall–Kier alpha value is -1.75. The number of carbonyl (C=O) groups excluding carboxylic acids is 1. The average Bonchev–Trinajstić information content (AvgIpc) is 3.08. The van der Waals surface area contributed by atoms with E-state index >= 15 is 0 Å². The third-order valence-corrected chi connectivity index (χ3v) is 7.41. The molecule has 5 heteroatoms. The van der Waals surface area contributed by atoms with Crippen molar-refractivity contribution in [1.82, 2.24) is 5.32 Å². The van der Waals surface area contributed by atoms with Crippen LogP contribution >= 0.6 is 0 Å². The highest BCUT2D eigenvalue weighted by molar-refractivity contribution is 5.73. The Balaban J connectivity index is 1.74. The molecule has 1 heterocycles. The molecule has 2 saturated carbocycles. The number of carbonyl (C=O) groups is 1. The van der Waals surface area contributed by atoms with E-state index < -0.39 is 0 Å². The van der Waals surface area contributed by atoms with Crippen LogP contribution in [0, 0.1) is 22.7 Å². The normalized spacial score (nSPS) is 37.2. The summed E-state index contributed by atoms with van der Waals surface area (Å²) >= 11 is 0. The lowest BCUT2D eigenvalue weighted by atomic mass is 9.58. The third kappa shape index (κ3) is 2.29. The zero-order valence-corrected chi connectivity index (χ0v) is 16.0. The molecule has 5 nitrogen and oxygen atoms in total. The summed E-state index contributed by atoms with van der Waals surface area (Å²) in [6.45, 7) is 6.84. The van der Waals surface area contributed by atoms with Crippen molar-refractivity contribution < 1.29 is 19.4 Å². The zero-order valence-electron chi connectivity index (χ0n) is 16.0. The molecular formula is C21H29NO4. The Morgan fingerprint density at radius 1 is 1.38 bits per heavy atom. The number of hydrogen-bond donors (Lipinski definition) is 2. The fourth-order valence-electron chi connectivity index (χ4n) is 6.23. The maximum absolute atomic E-state index is 11.9. The third-order valence-electron chi connectivity index (χ3n) is 7.41. The summed E-state index contributed by atoms with van der Waals surface area (Å²) in [5.74, 6) is 1.55. The van der Waals surface area contributed by atoms with Gasteiger partial charge >= 0.3 is 0 Å². The van der Waals surface area contributed by atoms with Crippen LogP contribution in [0.4, 0.5) is 0 Å². The van der Waals surface area contributed by atoms with Crippen molar-refractivity contribution in [2.45, 2.75) is 52.2 Å². The van der Waals surface area contributed by atoms with Gasteiger partial charge in [-0.15, -0.1) is 0 Å². The van der Waals surface area contributed by atoms with Gasteiger partial charge < -0.3 is 19.9 Å². The van der Waals surface area contributed by atoms with E-state index in [1.165, 1.54) is 0 Å². The van der Waals surface area contributed by atoms with E-state index in [2.05, 4.69) is 19.2 Å². The Morgan fingerprint density at radius 2 is 2.15 bits per heavy atom. The van der Waals surface area contributed by atoms with E-state index in [0.717, 1.165) is 24.8 Å². The van der Waals surface area contributed by atoms with Crippen LogP contribution in [0.2, 0.25) is 0 Å². The Morgan fingerprint density at radius 3 is 2.85 bits per heavy atom. The molecule has 2 bridgehead atoms.